The van der Waals surface area contributed by atoms with Gasteiger partial charge in [0.2, 0.25) is 0 Å². The first-order valence-electron chi connectivity index (χ1n) is 7.88. The summed E-state index contributed by atoms with van der Waals surface area (Å²) < 4.78 is 0. The molecule has 4 nitrogen and oxygen atoms in total. The molecule has 1 amide bonds. The van der Waals surface area contributed by atoms with Crippen LogP contribution in [0.1, 0.15) is 63.5 Å². The largest absolute Gasteiger partial charge is 0.370 e. The molecule has 0 saturated heterocycles. The lowest BCUT2D eigenvalue weighted by molar-refractivity contribution is 0.0949. The number of aromatic nitrogens is 1. The molecule has 1 heterocycles. The first-order chi connectivity index (χ1) is 9.81. The van der Waals surface area contributed by atoms with E-state index >= 15 is 0 Å². The van der Waals surface area contributed by atoms with E-state index in [1.807, 2.05) is 12.1 Å². The molecule has 2 unspecified atom stereocenters. The molecule has 1 fully saturated rings. The van der Waals surface area contributed by atoms with Crippen LogP contribution in [0.5, 0.6) is 0 Å². The van der Waals surface area contributed by atoms with Gasteiger partial charge in [-0.1, -0.05) is 34.6 Å². The average molecular weight is 289 g/mol. The molecule has 1 aromatic heterocycles. The number of nitrogens with zero attached hydrogens (tertiary/aromatic N) is 1. The molecule has 0 radical (unpaired) electrons. The van der Waals surface area contributed by atoms with Crippen molar-refractivity contribution in [3.63, 3.8) is 0 Å². The highest BCUT2D eigenvalue weighted by Gasteiger charge is 2.34. The van der Waals surface area contributed by atoms with Gasteiger partial charge in [0.05, 0.1) is 0 Å². The molecular formula is C17H27N3O. The van der Waals surface area contributed by atoms with E-state index in [1.54, 1.807) is 0 Å². The molecule has 2 N–H and O–H groups in total. The number of hydrogen-bond donors (Lipinski definition) is 2. The molecule has 21 heavy (non-hydrogen) atoms. The second kappa shape index (κ2) is 6.04. The maximum Gasteiger partial charge on any atom is 0.251 e. The molecule has 1 aliphatic rings. The molecule has 2 atom stereocenters. The smallest absolute Gasteiger partial charge is 0.251 e. The third kappa shape index (κ3) is 4.19. The Morgan fingerprint density at radius 2 is 2.05 bits per heavy atom. The van der Waals surface area contributed by atoms with Crippen molar-refractivity contribution in [2.24, 2.45) is 5.92 Å². The quantitative estimate of drug-likeness (QED) is 0.874. The second-order valence-corrected chi connectivity index (χ2v) is 7.10. The average Bonchev–Trinajstić information content (AvgIpc) is 3.10. The van der Waals surface area contributed by atoms with Gasteiger partial charge in [0.1, 0.15) is 5.82 Å². The number of amides is 1. The van der Waals surface area contributed by atoms with Gasteiger partial charge in [-0.15, -0.1) is 0 Å². The fourth-order valence-electron chi connectivity index (χ4n) is 2.16. The van der Waals surface area contributed by atoms with Crippen molar-refractivity contribution in [1.82, 2.24) is 10.3 Å². The van der Waals surface area contributed by atoms with Crippen LogP contribution in [0.2, 0.25) is 0 Å². The van der Waals surface area contributed by atoms with E-state index in [9.17, 15) is 4.79 Å². The number of pyridine rings is 1. The van der Waals surface area contributed by atoms with E-state index in [2.05, 4.69) is 50.2 Å². The van der Waals surface area contributed by atoms with E-state index in [1.165, 1.54) is 0 Å². The maximum atomic E-state index is 12.4. The van der Waals surface area contributed by atoms with Crippen molar-refractivity contribution >= 4 is 11.7 Å². The van der Waals surface area contributed by atoms with Gasteiger partial charge in [-0.3, -0.25) is 4.79 Å². The van der Waals surface area contributed by atoms with Crippen LogP contribution in [-0.2, 0) is 5.41 Å². The maximum absolute atomic E-state index is 12.4. The summed E-state index contributed by atoms with van der Waals surface area (Å²) in [6.45, 7) is 11.5. The second-order valence-electron chi connectivity index (χ2n) is 7.10. The Bertz CT molecular complexity index is 519. The summed E-state index contributed by atoms with van der Waals surface area (Å²) in [5.74, 6) is 1.41. The Morgan fingerprint density at radius 3 is 2.57 bits per heavy atom. The molecule has 0 aromatic carbocycles. The van der Waals surface area contributed by atoms with Gasteiger partial charge in [0.25, 0.3) is 5.91 Å². The van der Waals surface area contributed by atoms with E-state index in [-0.39, 0.29) is 11.3 Å². The van der Waals surface area contributed by atoms with Gasteiger partial charge in [-0.2, -0.15) is 0 Å². The zero-order valence-corrected chi connectivity index (χ0v) is 13.8. The summed E-state index contributed by atoms with van der Waals surface area (Å²) in [7, 11) is 0. The van der Waals surface area contributed by atoms with Crippen LogP contribution >= 0.6 is 0 Å². The highest BCUT2D eigenvalue weighted by atomic mass is 16.1. The van der Waals surface area contributed by atoms with Gasteiger partial charge >= 0.3 is 0 Å². The van der Waals surface area contributed by atoms with Crippen LogP contribution < -0.4 is 10.6 Å². The summed E-state index contributed by atoms with van der Waals surface area (Å²) in [5, 5.41) is 6.38. The van der Waals surface area contributed by atoms with Gasteiger partial charge in [0.15, 0.2) is 0 Å². The highest BCUT2D eigenvalue weighted by molar-refractivity contribution is 5.95. The Kier molecular flexibility index (Phi) is 4.55. The normalized spacial score (nSPS) is 21.0. The summed E-state index contributed by atoms with van der Waals surface area (Å²) in [6, 6.07) is 4.11. The van der Waals surface area contributed by atoms with Gasteiger partial charge in [-0.05, 0) is 30.9 Å². The van der Waals surface area contributed by atoms with Crippen LogP contribution in [0.25, 0.3) is 0 Å². The van der Waals surface area contributed by atoms with Crippen LogP contribution in [0.4, 0.5) is 5.82 Å². The summed E-state index contributed by atoms with van der Waals surface area (Å²) >= 11 is 0. The number of anilines is 1. The van der Waals surface area contributed by atoms with Gasteiger partial charge in [0, 0.05) is 29.3 Å². The molecule has 4 heteroatoms. The van der Waals surface area contributed by atoms with E-state index < -0.39 is 0 Å². The summed E-state index contributed by atoms with van der Waals surface area (Å²) in [4.78, 5) is 17.0. The minimum atomic E-state index is -0.0776. The SMILES string of the molecule is CCCNc1cc(C(=O)NC2CC2C)cc(C(C)(C)C)n1. The third-order valence-corrected chi connectivity index (χ3v) is 3.84. The fraction of sp³-hybridized carbons (Fsp3) is 0.647. The summed E-state index contributed by atoms with van der Waals surface area (Å²) in [5.41, 5.74) is 1.57. The Morgan fingerprint density at radius 1 is 1.38 bits per heavy atom. The van der Waals surface area contributed by atoms with Crippen LogP contribution in [0, 0.1) is 5.92 Å². The summed E-state index contributed by atoms with van der Waals surface area (Å²) in [6.07, 6.45) is 2.12. The van der Waals surface area contributed by atoms with Crippen LogP contribution in [0.15, 0.2) is 12.1 Å². The van der Waals surface area contributed by atoms with E-state index in [0.29, 0.717) is 17.5 Å². The van der Waals surface area contributed by atoms with Crippen LogP contribution in [-0.4, -0.2) is 23.5 Å². The molecule has 1 aromatic rings. The molecular weight excluding hydrogens is 262 g/mol. The fourth-order valence-corrected chi connectivity index (χ4v) is 2.16. The predicted octanol–water partition coefficient (Wildman–Crippen LogP) is 3.34. The molecule has 1 aliphatic carbocycles. The van der Waals surface area contributed by atoms with Crippen molar-refractivity contribution in [3.05, 3.63) is 23.4 Å². The van der Waals surface area contributed by atoms with Gasteiger partial charge < -0.3 is 10.6 Å². The Hall–Kier alpha value is -1.58. The molecule has 116 valence electrons. The minimum absolute atomic E-state index is 0.0109. The minimum Gasteiger partial charge on any atom is -0.370 e. The molecule has 0 bridgehead atoms. The van der Waals surface area contributed by atoms with E-state index in [4.69, 9.17) is 0 Å². The van der Waals surface area contributed by atoms with Crippen molar-refractivity contribution in [2.45, 2.75) is 58.9 Å². The van der Waals surface area contributed by atoms with Gasteiger partial charge in [-0.25, -0.2) is 4.98 Å². The first kappa shape index (κ1) is 15.8. The molecule has 1 saturated carbocycles. The Balaban J connectivity index is 2.23. The van der Waals surface area contributed by atoms with Crippen LogP contribution in [0.3, 0.4) is 0 Å². The number of nitrogens with one attached hydrogen (secondary N) is 2. The molecule has 0 spiro atoms. The van der Waals surface area contributed by atoms with Crippen molar-refractivity contribution < 1.29 is 4.79 Å². The van der Waals surface area contributed by atoms with Crippen molar-refractivity contribution in [2.75, 3.05) is 11.9 Å². The zero-order valence-electron chi connectivity index (χ0n) is 13.8. The lowest BCUT2D eigenvalue weighted by Gasteiger charge is -2.20. The number of carbonyl (C=O) groups is 1. The number of rotatable bonds is 5. The standard InChI is InChI=1S/C17H27N3O/c1-6-7-18-15-10-12(9-14(20-15)17(3,4)5)16(21)19-13-8-11(13)2/h9-11,13H,6-8H2,1-5H3,(H,18,20)(H,19,21). The highest BCUT2D eigenvalue weighted by Crippen LogP contribution is 2.30. The lowest BCUT2D eigenvalue weighted by Crippen LogP contribution is -2.27. The first-order valence-corrected chi connectivity index (χ1v) is 7.88. The predicted molar refractivity (Wildman–Crippen MR) is 86.8 cm³/mol. The van der Waals surface area contributed by atoms with Crippen molar-refractivity contribution in [3.8, 4) is 0 Å². The third-order valence-electron chi connectivity index (χ3n) is 3.84. The van der Waals surface area contributed by atoms with E-state index in [0.717, 1.165) is 30.9 Å². The topological polar surface area (TPSA) is 54.0 Å². The molecule has 2 rings (SSSR count). The lowest BCUT2D eigenvalue weighted by atomic mass is 9.90. The Labute approximate surface area is 127 Å². The number of carbonyl (C=O) groups excluding carboxylic acids is 1. The monoisotopic (exact) mass is 289 g/mol. The zero-order chi connectivity index (χ0) is 15.6. The van der Waals surface area contributed by atoms with Crippen molar-refractivity contribution in [1.29, 1.82) is 0 Å². The molecule has 0 aliphatic heterocycles. The number of hydrogen-bond acceptors (Lipinski definition) is 3.